The van der Waals surface area contributed by atoms with Crippen LogP contribution in [-0.4, -0.2) is 134 Å². The Hall–Kier alpha value is -6.06. The van der Waals surface area contributed by atoms with Gasteiger partial charge in [-0.25, -0.2) is 9.83 Å². The lowest BCUT2D eigenvalue weighted by Crippen LogP contribution is -2.57. The Morgan fingerprint density at radius 2 is 1.35 bits per heavy atom. The van der Waals surface area contributed by atoms with Crippen molar-refractivity contribution in [2.24, 2.45) is 17.8 Å². The highest BCUT2D eigenvalue weighted by Gasteiger charge is 2.45. The maximum Gasteiger partial charge on any atom is 0.407 e. The van der Waals surface area contributed by atoms with Gasteiger partial charge in [0.15, 0.2) is 5.69 Å². The van der Waals surface area contributed by atoms with Crippen LogP contribution in [0.2, 0.25) is 0 Å². The predicted octanol–water partition coefficient (Wildman–Crippen LogP) is 4.10. The van der Waals surface area contributed by atoms with E-state index >= 15 is 0 Å². The van der Waals surface area contributed by atoms with Crippen molar-refractivity contribution in [3.8, 4) is 0 Å². The molecule has 0 saturated carbocycles. The van der Waals surface area contributed by atoms with Crippen LogP contribution < -0.4 is 25.3 Å². The van der Waals surface area contributed by atoms with Crippen LogP contribution >= 0.6 is 0 Å². The molecule has 2 N–H and O–H groups in total. The maximum absolute atomic E-state index is 13.5. The van der Waals surface area contributed by atoms with E-state index in [-0.39, 0.29) is 30.2 Å². The first-order valence-corrected chi connectivity index (χ1v) is 21.2. The minimum Gasteiger partial charge on any atom is -0.372 e. The number of carbonyl (C=O) groups excluding carboxylic acids is 5. The molecule has 1 atom stereocenters. The summed E-state index contributed by atoms with van der Waals surface area (Å²) in [5.41, 5.74) is 1.51. The number of hydrogen-bond donors (Lipinski definition) is 2. The number of alkyl halides is 3. The van der Waals surface area contributed by atoms with Gasteiger partial charge in [0.05, 0.1) is 35.1 Å². The second-order valence-corrected chi connectivity index (χ2v) is 17.3. The number of carbonyl (C=O) groups is 5. The van der Waals surface area contributed by atoms with Crippen molar-refractivity contribution < 1.29 is 37.1 Å². The molecule has 18 heteroatoms. The average molecular weight is 853 g/mol. The standard InChI is InChI=1S/C44H47F3N10O5/c1-48-36-6-3-31(19-35(36)44(45,46)47)54-12-10-29(11-13-54)40(59)50-38-8-4-32(20-49-38)56-25-28(26-56)22-53-16-14-52(15-17-53)21-27-23-55(24-27)30-2-5-33-34(18-30)43(62)57(42(33)61)37-7-9-39(58)51-41(37)60/h2-6,8,18-20,27-29,37H,7,9-17,21-26H2,(H,49,50,59)(H,51,58,60). The van der Waals surface area contributed by atoms with E-state index in [4.69, 9.17) is 6.57 Å². The summed E-state index contributed by atoms with van der Waals surface area (Å²) in [5, 5.41) is 5.14. The van der Waals surface area contributed by atoms with Gasteiger partial charge in [0.1, 0.15) is 11.9 Å². The quantitative estimate of drug-likeness (QED) is 0.225. The third-order valence-electron chi connectivity index (χ3n) is 13.2. The van der Waals surface area contributed by atoms with E-state index in [1.807, 2.05) is 23.1 Å². The van der Waals surface area contributed by atoms with Gasteiger partial charge in [-0.05, 0) is 61.7 Å². The number of nitrogens with zero attached hydrogens (tertiary/aromatic N) is 8. The summed E-state index contributed by atoms with van der Waals surface area (Å²) in [7, 11) is 0. The highest BCUT2D eigenvalue weighted by Crippen LogP contribution is 2.40. The summed E-state index contributed by atoms with van der Waals surface area (Å²) in [4.78, 5) is 83.3. The molecule has 2 aromatic carbocycles. The lowest BCUT2D eigenvalue weighted by Gasteiger charge is -2.46. The van der Waals surface area contributed by atoms with Crippen LogP contribution in [0.1, 0.15) is 52.0 Å². The number of piperazine rings is 1. The summed E-state index contributed by atoms with van der Waals surface area (Å²) in [6.45, 7) is 17.6. The molecule has 324 valence electrons. The van der Waals surface area contributed by atoms with Crippen molar-refractivity contribution in [2.45, 2.75) is 37.9 Å². The van der Waals surface area contributed by atoms with E-state index in [1.54, 1.807) is 18.3 Å². The number of imide groups is 2. The molecule has 6 aliphatic rings. The molecule has 1 aromatic heterocycles. The number of halogens is 3. The Balaban J connectivity index is 0.663. The summed E-state index contributed by atoms with van der Waals surface area (Å²) >= 11 is 0. The summed E-state index contributed by atoms with van der Waals surface area (Å²) < 4.78 is 40.4. The number of fused-ring (bicyclic) bond motifs is 1. The van der Waals surface area contributed by atoms with Crippen LogP contribution in [-0.2, 0) is 20.6 Å². The third-order valence-corrected chi connectivity index (χ3v) is 13.2. The first-order valence-electron chi connectivity index (χ1n) is 21.2. The Bertz CT molecular complexity index is 2310. The van der Waals surface area contributed by atoms with Gasteiger partial charge in [-0.2, -0.15) is 13.2 Å². The minimum absolute atomic E-state index is 0.0858. The fraction of sp³-hybridized carbons (Fsp3) is 0.477. The minimum atomic E-state index is -4.62. The first-order chi connectivity index (χ1) is 29.8. The van der Waals surface area contributed by atoms with Crippen LogP contribution in [0.3, 0.4) is 0 Å². The molecule has 15 nitrogen and oxygen atoms in total. The van der Waals surface area contributed by atoms with Gasteiger partial charge in [0.2, 0.25) is 17.7 Å². The second-order valence-electron chi connectivity index (χ2n) is 17.3. The fourth-order valence-electron chi connectivity index (χ4n) is 9.65. The molecule has 62 heavy (non-hydrogen) atoms. The molecular formula is C44H47F3N10O5. The molecule has 0 radical (unpaired) electrons. The number of piperidine rings is 2. The van der Waals surface area contributed by atoms with E-state index < -0.39 is 47.1 Å². The average Bonchev–Trinajstić information content (AvgIpc) is 3.48. The fourth-order valence-corrected chi connectivity index (χ4v) is 9.65. The zero-order chi connectivity index (χ0) is 43.3. The number of anilines is 4. The van der Waals surface area contributed by atoms with Crippen LogP contribution in [0.5, 0.6) is 0 Å². The van der Waals surface area contributed by atoms with E-state index in [1.165, 1.54) is 12.1 Å². The number of rotatable bonds is 10. The number of amides is 5. The SMILES string of the molecule is [C-]#[N+]c1ccc(N2CCC(C(=O)Nc3ccc(N4CC(CN5CCN(CC6CN(c7ccc8c(c7)C(=O)N(C7CCC(=O)NC7=O)C8=O)C6)CC5)C4)cn3)CC2)cc1C(F)(F)F. The lowest BCUT2D eigenvalue weighted by molar-refractivity contribution is -0.137. The largest absolute Gasteiger partial charge is 0.407 e. The number of nitrogens with one attached hydrogen (secondary N) is 2. The molecule has 6 aliphatic heterocycles. The van der Waals surface area contributed by atoms with E-state index in [2.05, 4.69) is 40.1 Å². The van der Waals surface area contributed by atoms with Gasteiger partial charge >= 0.3 is 6.18 Å². The smallest absolute Gasteiger partial charge is 0.372 e. The van der Waals surface area contributed by atoms with Gasteiger partial charge in [0.25, 0.3) is 11.8 Å². The topological polar surface area (TPSA) is 146 Å². The summed E-state index contributed by atoms with van der Waals surface area (Å²) in [6.07, 6.45) is -1.64. The first kappa shape index (κ1) is 41.3. The zero-order valence-electron chi connectivity index (χ0n) is 34.1. The molecule has 9 rings (SSSR count). The van der Waals surface area contributed by atoms with E-state index in [0.29, 0.717) is 54.8 Å². The molecule has 5 fully saturated rings. The molecule has 0 aliphatic carbocycles. The predicted molar refractivity (Wildman–Crippen MR) is 223 cm³/mol. The van der Waals surface area contributed by atoms with Gasteiger partial charge in [-0.1, -0.05) is 6.07 Å². The normalized spacial score (nSPS) is 22.0. The molecular weight excluding hydrogens is 806 g/mol. The molecule has 5 amide bonds. The Morgan fingerprint density at radius 1 is 0.758 bits per heavy atom. The van der Waals surface area contributed by atoms with Crippen molar-refractivity contribution in [1.82, 2.24) is 25.0 Å². The Labute approximate surface area is 356 Å². The number of benzene rings is 2. The molecule has 5 saturated heterocycles. The highest BCUT2D eigenvalue weighted by atomic mass is 19.4. The van der Waals surface area contributed by atoms with Gasteiger partial charge in [-0.15, -0.1) is 0 Å². The van der Waals surface area contributed by atoms with Crippen molar-refractivity contribution >= 4 is 58.1 Å². The number of hydrogen-bond acceptors (Lipinski definition) is 11. The molecule has 3 aromatic rings. The van der Waals surface area contributed by atoms with Crippen LogP contribution in [0.15, 0.2) is 54.7 Å². The maximum atomic E-state index is 13.5. The molecule has 0 bridgehead atoms. The van der Waals surface area contributed by atoms with Gasteiger partial charge in [-0.3, -0.25) is 34.2 Å². The van der Waals surface area contributed by atoms with Crippen molar-refractivity contribution in [2.75, 3.05) is 98.6 Å². The highest BCUT2D eigenvalue weighted by molar-refractivity contribution is 6.23. The van der Waals surface area contributed by atoms with Gasteiger partial charge < -0.3 is 29.8 Å². The van der Waals surface area contributed by atoms with E-state index in [9.17, 15) is 37.1 Å². The van der Waals surface area contributed by atoms with Crippen LogP contribution in [0, 0.1) is 24.3 Å². The van der Waals surface area contributed by atoms with Crippen molar-refractivity contribution in [3.05, 3.63) is 82.8 Å². The molecule has 7 heterocycles. The van der Waals surface area contributed by atoms with E-state index in [0.717, 1.165) is 87.8 Å². The second kappa shape index (κ2) is 16.7. The number of aromatic nitrogens is 1. The zero-order valence-corrected chi connectivity index (χ0v) is 34.1. The monoisotopic (exact) mass is 852 g/mol. The number of pyridine rings is 1. The third kappa shape index (κ3) is 8.30. The van der Waals surface area contributed by atoms with Crippen molar-refractivity contribution in [1.29, 1.82) is 0 Å². The Morgan fingerprint density at radius 3 is 1.95 bits per heavy atom. The molecule has 1 unspecified atom stereocenters. The Kier molecular flexibility index (Phi) is 11.1. The van der Waals surface area contributed by atoms with Crippen LogP contribution in [0.25, 0.3) is 4.85 Å². The lowest BCUT2D eigenvalue weighted by atomic mass is 9.95. The van der Waals surface area contributed by atoms with Crippen molar-refractivity contribution in [3.63, 3.8) is 0 Å². The molecule has 0 spiro atoms. The summed E-state index contributed by atoms with van der Waals surface area (Å²) in [6, 6.07) is 11.8. The summed E-state index contributed by atoms with van der Waals surface area (Å²) in [5.74, 6) is -0.911. The van der Waals surface area contributed by atoms with Gasteiger partial charge in [0, 0.05) is 114 Å². The van der Waals surface area contributed by atoms with Crippen LogP contribution in [0.4, 0.5) is 41.7 Å².